The van der Waals surface area contributed by atoms with Gasteiger partial charge < -0.3 is 10.2 Å². The van der Waals surface area contributed by atoms with Gasteiger partial charge in [-0.05, 0) is 55.4 Å². The molecule has 1 saturated heterocycles. The summed E-state index contributed by atoms with van der Waals surface area (Å²) in [4.78, 5) is 14.4. The second-order valence-corrected chi connectivity index (χ2v) is 7.19. The summed E-state index contributed by atoms with van der Waals surface area (Å²) in [6, 6.07) is 16.3. The number of piperidine rings is 1. The smallest absolute Gasteiger partial charge is 0.241 e. The predicted octanol–water partition coefficient (Wildman–Crippen LogP) is 4.54. The number of anilines is 1. The van der Waals surface area contributed by atoms with Crippen molar-refractivity contribution < 1.29 is 4.79 Å². The molecule has 0 unspecified atom stereocenters. The van der Waals surface area contributed by atoms with E-state index in [0.717, 1.165) is 48.6 Å². The average Bonchev–Trinajstić information content (AvgIpc) is 2.64. The van der Waals surface area contributed by atoms with Crippen molar-refractivity contribution in [3.05, 3.63) is 64.7 Å². The lowest BCUT2D eigenvalue weighted by Gasteiger charge is -2.32. The summed E-state index contributed by atoms with van der Waals surface area (Å²) in [5.74, 6) is 0.840. The number of nitrogens with zero attached hydrogens (tertiary/aromatic N) is 1. The average molecular weight is 357 g/mol. The fraction of sp³-hybridized carbons (Fsp3) is 0.381. The summed E-state index contributed by atoms with van der Waals surface area (Å²) in [6.07, 6.45) is 3.27. The van der Waals surface area contributed by atoms with Crippen LogP contribution in [0.5, 0.6) is 0 Å². The largest absolute Gasteiger partial charge is 0.376 e. The van der Waals surface area contributed by atoms with E-state index in [1.807, 2.05) is 30.0 Å². The zero-order chi connectivity index (χ0) is 17.6. The fourth-order valence-electron chi connectivity index (χ4n) is 3.42. The van der Waals surface area contributed by atoms with Crippen LogP contribution in [0, 0.1) is 12.8 Å². The molecule has 1 fully saturated rings. The minimum Gasteiger partial charge on any atom is -0.376 e. The van der Waals surface area contributed by atoms with Gasteiger partial charge in [-0.3, -0.25) is 4.79 Å². The van der Waals surface area contributed by atoms with Crippen molar-refractivity contribution in [1.29, 1.82) is 0 Å². The second kappa shape index (κ2) is 8.39. The summed E-state index contributed by atoms with van der Waals surface area (Å²) in [5, 5.41) is 3.95. The fourth-order valence-corrected chi connectivity index (χ4v) is 3.59. The second-order valence-electron chi connectivity index (χ2n) is 6.78. The highest BCUT2D eigenvalue weighted by atomic mass is 35.5. The third-order valence-corrected chi connectivity index (χ3v) is 5.44. The molecule has 1 heterocycles. The molecule has 4 heteroatoms. The summed E-state index contributed by atoms with van der Waals surface area (Å²) >= 11 is 6.13. The quantitative estimate of drug-likeness (QED) is 0.852. The lowest BCUT2D eigenvalue weighted by molar-refractivity contribution is -0.130. The van der Waals surface area contributed by atoms with Crippen molar-refractivity contribution >= 4 is 23.2 Å². The highest BCUT2D eigenvalue weighted by Crippen LogP contribution is 2.24. The summed E-state index contributed by atoms with van der Waals surface area (Å²) < 4.78 is 0. The molecule has 3 nitrogen and oxygen atoms in total. The Morgan fingerprint density at radius 2 is 1.84 bits per heavy atom. The topological polar surface area (TPSA) is 32.3 Å². The van der Waals surface area contributed by atoms with Crippen molar-refractivity contribution in [2.24, 2.45) is 5.92 Å². The van der Waals surface area contributed by atoms with Gasteiger partial charge in [0.2, 0.25) is 5.91 Å². The number of hydrogen-bond acceptors (Lipinski definition) is 2. The van der Waals surface area contributed by atoms with E-state index >= 15 is 0 Å². The monoisotopic (exact) mass is 356 g/mol. The van der Waals surface area contributed by atoms with Gasteiger partial charge >= 0.3 is 0 Å². The number of hydrogen-bond donors (Lipinski definition) is 1. The van der Waals surface area contributed by atoms with Crippen molar-refractivity contribution in [3.63, 3.8) is 0 Å². The van der Waals surface area contributed by atoms with Crippen LogP contribution in [0.4, 0.5) is 5.69 Å². The first-order chi connectivity index (χ1) is 12.1. The molecular weight excluding hydrogens is 332 g/mol. The number of nitrogens with one attached hydrogen (secondary N) is 1. The predicted molar refractivity (Wildman–Crippen MR) is 104 cm³/mol. The number of carbonyl (C=O) groups is 1. The molecule has 0 atom stereocenters. The van der Waals surface area contributed by atoms with Gasteiger partial charge in [0.25, 0.3) is 0 Å². The number of carbonyl (C=O) groups excluding carboxylic acids is 1. The van der Waals surface area contributed by atoms with E-state index in [2.05, 4.69) is 35.6 Å². The van der Waals surface area contributed by atoms with Crippen LogP contribution in [0.2, 0.25) is 5.02 Å². The first-order valence-electron chi connectivity index (χ1n) is 8.94. The van der Waals surface area contributed by atoms with Crippen molar-refractivity contribution in [2.75, 3.05) is 25.0 Å². The van der Waals surface area contributed by atoms with Gasteiger partial charge in [-0.1, -0.05) is 48.0 Å². The molecule has 3 rings (SSSR count). The molecule has 0 radical (unpaired) electrons. The Morgan fingerprint density at radius 1 is 1.12 bits per heavy atom. The van der Waals surface area contributed by atoms with Gasteiger partial charge in [0.15, 0.2) is 0 Å². The van der Waals surface area contributed by atoms with Crippen molar-refractivity contribution in [2.45, 2.75) is 26.2 Å². The summed E-state index contributed by atoms with van der Waals surface area (Å²) in [6.45, 7) is 3.99. The molecule has 132 valence electrons. The Bertz CT molecular complexity index is 709. The first kappa shape index (κ1) is 17.8. The molecule has 0 bridgehead atoms. The Kier molecular flexibility index (Phi) is 5.98. The molecule has 0 saturated carbocycles. The molecule has 2 aromatic rings. The molecule has 1 amide bonds. The van der Waals surface area contributed by atoms with E-state index < -0.39 is 0 Å². The number of amides is 1. The lowest BCUT2D eigenvalue weighted by Crippen LogP contribution is -2.41. The molecule has 1 N–H and O–H groups in total. The SMILES string of the molecule is Cc1c(Cl)cccc1NCC(=O)N1CCC(Cc2ccccc2)CC1. The van der Waals surface area contributed by atoms with E-state index in [4.69, 9.17) is 11.6 Å². The third-order valence-electron chi connectivity index (χ3n) is 5.03. The van der Waals surface area contributed by atoms with Crippen LogP contribution in [0.25, 0.3) is 0 Å². The van der Waals surface area contributed by atoms with E-state index in [1.54, 1.807) is 0 Å². The van der Waals surface area contributed by atoms with Gasteiger partial charge in [0, 0.05) is 23.8 Å². The van der Waals surface area contributed by atoms with E-state index in [1.165, 1.54) is 5.56 Å². The van der Waals surface area contributed by atoms with E-state index in [9.17, 15) is 4.79 Å². The maximum absolute atomic E-state index is 12.5. The van der Waals surface area contributed by atoms with Crippen LogP contribution < -0.4 is 5.32 Å². The highest BCUT2D eigenvalue weighted by Gasteiger charge is 2.22. The van der Waals surface area contributed by atoms with E-state index in [0.29, 0.717) is 12.5 Å². The highest BCUT2D eigenvalue weighted by molar-refractivity contribution is 6.31. The normalized spacial score (nSPS) is 15.2. The van der Waals surface area contributed by atoms with Crippen LogP contribution in [-0.2, 0) is 11.2 Å². The van der Waals surface area contributed by atoms with Crippen LogP contribution in [0.1, 0.15) is 24.0 Å². The Balaban J connectivity index is 1.46. The van der Waals surface area contributed by atoms with Gasteiger partial charge in [0.05, 0.1) is 6.54 Å². The Labute approximate surface area is 155 Å². The van der Waals surface area contributed by atoms with Gasteiger partial charge in [-0.15, -0.1) is 0 Å². The third kappa shape index (κ3) is 4.76. The number of halogens is 1. The number of benzene rings is 2. The molecule has 0 spiro atoms. The molecule has 25 heavy (non-hydrogen) atoms. The van der Waals surface area contributed by atoms with Crippen molar-refractivity contribution in [3.8, 4) is 0 Å². The number of likely N-dealkylation sites (tertiary alicyclic amines) is 1. The molecule has 0 aromatic heterocycles. The zero-order valence-corrected chi connectivity index (χ0v) is 15.4. The zero-order valence-electron chi connectivity index (χ0n) is 14.7. The van der Waals surface area contributed by atoms with Crippen LogP contribution >= 0.6 is 11.6 Å². The number of rotatable bonds is 5. The molecular formula is C21H25ClN2O. The Hall–Kier alpha value is -2.00. The lowest BCUT2D eigenvalue weighted by atomic mass is 9.90. The summed E-state index contributed by atoms with van der Waals surface area (Å²) in [5.41, 5.74) is 3.31. The van der Waals surface area contributed by atoms with Gasteiger partial charge in [-0.25, -0.2) is 0 Å². The standard InChI is InChI=1S/C21H25ClN2O/c1-16-19(22)8-5-9-20(16)23-15-21(25)24-12-10-18(11-13-24)14-17-6-3-2-4-7-17/h2-9,18,23H,10-15H2,1H3. The maximum atomic E-state index is 12.5. The minimum atomic E-state index is 0.164. The van der Waals surface area contributed by atoms with Crippen LogP contribution in [-0.4, -0.2) is 30.4 Å². The molecule has 2 aromatic carbocycles. The molecule has 0 aliphatic carbocycles. The first-order valence-corrected chi connectivity index (χ1v) is 9.32. The van der Waals surface area contributed by atoms with Gasteiger partial charge in [-0.2, -0.15) is 0 Å². The summed E-state index contributed by atoms with van der Waals surface area (Å²) in [7, 11) is 0. The van der Waals surface area contributed by atoms with Crippen molar-refractivity contribution in [1.82, 2.24) is 4.90 Å². The molecule has 1 aliphatic rings. The van der Waals surface area contributed by atoms with E-state index in [-0.39, 0.29) is 5.91 Å². The maximum Gasteiger partial charge on any atom is 0.241 e. The Morgan fingerprint density at radius 3 is 2.56 bits per heavy atom. The van der Waals surface area contributed by atoms with Gasteiger partial charge in [0.1, 0.15) is 0 Å². The molecule has 1 aliphatic heterocycles. The van der Waals surface area contributed by atoms with Crippen LogP contribution in [0.15, 0.2) is 48.5 Å². The van der Waals surface area contributed by atoms with Crippen LogP contribution in [0.3, 0.4) is 0 Å². The minimum absolute atomic E-state index is 0.164.